The molecule has 2 aliphatic heterocycles. The smallest absolute Gasteiger partial charge is 0.330 e. The van der Waals surface area contributed by atoms with Gasteiger partial charge in [0, 0.05) is 60.5 Å². The molecule has 2 aromatic carbocycles. The number of carbonyl (C=O) groups excluding carboxylic acids is 2. The number of H-pyrrole nitrogens is 1. The highest BCUT2D eigenvalue weighted by Gasteiger charge is 2.37. The first-order chi connectivity index (χ1) is 14.1. The summed E-state index contributed by atoms with van der Waals surface area (Å²) in [6.45, 7) is 2.66. The number of nitrogens with zero attached hydrogens (tertiary/aromatic N) is 2. The molecule has 0 aliphatic carbocycles. The number of halogens is 1. The molecule has 1 unspecified atom stereocenters. The number of benzene rings is 2. The van der Waals surface area contributed by atoms with E-state index in [1.54, 1.807) is 23.2 Å². The van der Waals surface area contributed by atoms with Crippen LogP contribution in [0.15, 0.2) is 42.6 Å². The summed E-state index contributed by atoms with van der Waals surface area (Å²) in [5.41, 5.74) is 3.02. The standard InChI is InChI=1S/C21H19FN4O3/c1-12(27)29-26-16-6-2-4-13-17(25-9-8-23-11-18(25)22)10-14(15-5-3-7-24-15)20(19(13)16)21(26)28/h2-7,10,18,23-24H,8-9,11H2,1H3. The number of hydroxylamine groups is 1. The van der Waals surface area contributed by atoms with Crippen LogP contribution in [0.4, 0.5) is 15.8 Å². The molecule has 0 saturated carbocycles. The quantitative estimate of drug-likeness (QED) is 0.668. The number of anilines is 2. The maximum atomic E-state index is 14.8. The molecule has 3 aromatic rings. The summed E-state index contributed by atoms with van der Waals surface area (Å²) >= 11 is 0. The summed E-state index contributed by atoms with van der Waals surface area (Å²) in [5, 5.41) is 5.49. The fraction of sp³-hybridized carbons (Fsp3) is 0.238. The molecule has 2 N–H and O–H groups in total. The van der Waals surface area contributed by atoms with Crippen LogP contribution in [-0.2, 0) is 9.63 Å². The van der Waals surface area contributed by atoms with Gasteiger partial charge in [-0.2, -0.15) is 0 Å². The van der Waals surface area contributed by atoms with Gasteiger partial charge in [0.05, 0.1) is 11.3 Å². The third-order valence-corrected chi connectivity index (χ3v) is 5.33. The van der Waals surface area contributed by atoms with E-state index >= 15 is 0 Å². The first-order valence-corrected chi connectivity index (χ1v) is 9.44. The topological polar surface area (TPSA) is 77.7 Å². The Morgan fingerprint density at radius 2 is 2.10 bits per heavy atom. The molecule has 0 spiro atoms. The molecular formula is C21H19FN4O3. The zero-order chi connectivity index (χ0) is 20.1. The molecule has 1 fully saturated rings. The predicted molar refractivity (Wildman–Crippen MR) is 107 cm³/mol. The van der Waals surface area contributed by atoms with Crippen molar-refractivity contribution in [2.75, 3.05) is 29.6 Å². The van der Waals surface area contributed by atoms with Crippen LogP contribution in [0.5, 0.6) is 0 Å². The number of carbonyl (C=O) groups is 2. The Bertz CT molecular complexity index is 1130. The van der Waals surface area contributed by atoms with Crippen molar-refractivity contribution in [3.05, 3.63) is 48.2 Å². The van der Waals surface area contributed by atoms with Gasteiger partial charge in [0.1, 0.15) is 0 Å². The average molecular weight is 394 g/mol. The zero-order valence-electron chi connectivity index (χ0n) is 15.7. The van der Waals surface area contributed by atoms with Crippen LogP contribution in [0, 0.1) is 0 Å². The first kappa shape index (κ1) is 17.7. The molecule has 7 nitrogen and oxygen atoms in total. The molecule has 8 heteroatoms. The van der Waals surface area contributed by atoms with Gasteiger partial charge in [0.15, 0.2) is 6.30 Å². The number of alkyl halides is 1. The van der Waals surface area contributed by atoms with Crippen LogP contribution in [0.25, 0.3) is 22.0 Å². The molecule has 1 atom stereocenters. The summed E-state index contributed by atoms with van der Waals surface area (Å²) in [5.74, 6) is -1.00. The third kappa shape index (κ3) is 2.67. The minimum atomic E-state index is -1.18. The number of amides is 1. The number of piperazine rings is 1. The lowest BCUT2D eigenvalue weighted by Crippen LogP contribution is -2.49. The Kier molecular flexibility index (Phi) is 4.02. The number of hydrogen-bond donors (Lipinski definition) is 2. The minimum absolute atomic E-state index is 0.235. The van der Waals surface area contributed by atoms with Gasteiger partial charge >= 0.3 is 5.97 Å². The van der Waals surface area contributed by atoms with Crippen molar-refractivity contribution >= 4 is 34.0 Å². The Hall–Kier alpha value is -3.39. The van der Waals surface area contributed by atoms with Crippen LogP contribution in [0.3, 0.4) is 0 Å². The Labute approximate surface area is 166 Å². The van der Waals surface area contributed by atoms with Crippen LogP contribution in [0.1, 0.15) is 17.3 Å². The molecule has 29 heavy (non-hydrogen) atoms. The van der Waals surface area contributed by atoms with E-state index in [2.05, 4.69) is 10.3 Å². The van der Waals surface area contributed by atoms with Crippen molar-refractivity contribution in [2.45, 2.75) is 13.2 Å². The Balaban J connectivity index is 1.81. The van der Waals surface area contributed by atoms with Crippen LogP contribution in [0.2, 0.25) is 0 Å². The molecule has 148 valence electrons. The van der Waals surface area contributed by atoms with Crippen LogP contribution in [-0.4, -0.2) is 42.8 Å². The fourth-order valence-corrected chi connectivity index (χ4v) is 4.15. The average Bonchev–Trinajstić information content (AvgIpc) is 3.33. The highest BCUT2D eigenvalue weighted by atomic mass is 19.1. The van der Waals surface area contributed by atoms with Gasteiger partial charge in [0.25, 0.3) is 5.91 Å². The van der Waals surface area contributed by atoms with Gasteiger partial charge in [-0.3, -0.25) is 4.79 Å². The SMILES string of the molecule is CC(=O)ON1C(=O)c2c(-c3ccc[nH]3)cc(N3CCNCC3F)c3cccc1c23. The van der Waals surface area contributed by atoms with E-state index in [4.69, 9.17) is 4.84 Å². The Morgan fingerprint density at radius 1 is 1.24 bits per heavy atom. The summed E-state index contributed by atoms with van der Waals surface area (Å²) in [6.07, 6.45) is 0.586. The third-order valence-electron chi connectivity index (χ3n) is 5.33. The second-order valence-corrected chi connectivity index (χ2v) is 7.12. The number of nitrogens with one attached hydrogen (secondary N) is 2. The van der Waals surface area contributed by atoms with E-state index in [1.165, 1.54) is 6.92 Å². The van der Waals surface area contributed by atoms with E-state index in [-0.39, 0.29) is 6.54 Å². The maximum absolute atomic E-state index is 14.8. The summed E-state index contributed by atoms with van der Waals surface area (Å²) in [6, 6.07) is 10.9. The van der Waals surface area contributed by atoms with Gasteiger partial charge in [-0.25, -0.2) is 9.18 Å². The lowest BCUT2D eigenvalue weighted by Gasteiger charge is -2.34. The van der Waals surface area contributed by atoms with Crippen LogP contribution >= 0.6 is 0 Å². The molecule has 1 amide bonds. The van der Waals surface area contributed by atoms with E-state index in [0.717, 1.165) is 16.1 Å². The van der Waals surface area contributed by atoms with Gasteiger partial charge < -0.3 is 20.0 Å². The van der Waals surface area contributed by atoms with Crippen molar-refractivity contribution in [3.8, 4) is 11.3 Å². The largest absolute Gasteiger partial charge is 0.361 e. The number of hydrogen-bond acceptors (Lipinski definition) is 5. The second-order valence-electron chi connectivity index (χ2n) is 7.12. The molecule has 2 aliphatic rings. The van der Waals surface area contributed by atoms with Gasteiger partial charge in [-0.15, -0.1) is 5.06 Å². The predicted octanol–water partition coefficient (Wildman–Crippen LogP) is 2.98. The number of aromatic amines is 1. The highest BCUT2D eigenvalue weighted by molar-refractivity contribution is 6.29. The van der Waals surface area contributed by atoms with E-state index in [0.29, 0.717) is 41.0 Å². The minimum Gasteiger partial charge on any atom is -0.361 e. The summed E-state index contributed by atoms with van der Waals surface area (Å²) in [4.78, 5) is 34.9. The number of aromatic nitrogens is 1. The van der Waals surface area contributed by atoms with Crippen molar-refractivity contribution < 1.29 is 18.8 Å². The van der Waals surface area contributed by atoms with Crippen molar-refractivity contribution in [2.24, 2.45) is 0 Å². The molecule has 0 bridgehead atoms. The molecule has 1 saturated heterocycles. The van der Waals surface area contributed by atoms with Gasteiger partial charge in [-0.05, 0) is 24.3 Å². The van der Waals surface area contributed by atoms with Crippen LogP contribution < -0.4 is 15.3 Å². The zero-order valence-corrected chi connectivity index (χ0v) is 15.7. The highest BCUT2D eigenvalue weighted by Crippen LogP contribution is 2.46. The molecular weight excluding hydrogens is 375 g/mol. The van der Waals surface area contributed by atoms with Crippen molar-refractivity contribution in [3.63, 3.8) is 0 Å². The van der Waals surface area contributed by atoms with Crippen molar-refractivity contribution in [1.82, 2.24) is 10.3 Å². The maximum Gasteiger partial charge on any atom is 0.330 e. The molecule has 1 aromatic heterocycles. The summed E-state index contributed by atoms with van der Waals surface area (Å²) in [7, 11) is 0. The molecule has 3 heterocycles. The van der Waals surface area contributed by atoms with Crippen molar-refractivity contribution in [1.29, 1.82) is 0 Å². The second kappa shape index (κ2) is 6.59. The normalized spacial score (nSPS) is 18.6. The van der Waals surface area contributed by atoms with E-state index in [9.17, 15) is 14.0 Å². The van der Waals surface area contributed by atoms with Gasteiger partial charge in [0.2, 0.25) is 0 Å². The monoisotopic (exact) mass is 394 g/mol. The lowest BCUT2D eigenvalue weighted by atomic mass is 9.95. The Morgan fingerprint density at radius 3 is 2.83 bits per heavy atom. The molecule has 5 rings (SSSR count). The van der Waals surface area contributed by atoms with E-state index < -0.39 is 18.2 Å². The summed E-state index contributed by atoms with van der Waals surface area (Å²) < 4.78 is 14.8. The lowest BCUT2D eigenvalue weighted by molar-refractivity contribution is -0.141. The number of rotatable bonds is 3. The fourth-order valence-electron chi connectivity index (χ4n) is 4.15. The van der Waals surface area contributed by atoms with Gasteiger partial charge in [-0.1, -0.05) is 12.1 Å². The van der Waals surface area contributed by atoms with E-state index in [1.807, 2.05) is 24.3 Å². The molecule has 0 radical (unpaired) electrons. The first-order valence-electron chi connectivity index (χ1n) is 9.44.